The first-order chi connectivity index (χ1) is 13.6. The molecule has 4 aromatic carbocycles. The van der Waals surface area contributed by atoms with Crippen LogP contribution in [0, 0.1) is 6.92 Å². The Morgan fingerprint density at radius 3 is 1.75 bits per heavy atom. The molecule has 0 bridgehead atoms. The molecule has 1 aliphatic carbocycles. The molecular formula is C28H24. The van der Waals surface area contributed by atoms with Crippen LogP contribution >= 0.6 is 0 Å². The molecule has 0 saturated carbocycles. The van der Waals surface area contributed by atoms with Crippen molar-refractivity contribution in [2.45, 2.75) is 26.2 Å². The molecule has 0 amide bonds. The Kier molecular flexibility index (Phi) is 3.77. The van der Waals surface area contributed by atoms with Crippen molar-refractivity contribution in [2.24, 2.45) is 0 Å². The Balaban J connectivity index is 1.90. The summed E-state index contributed by atoms with van der Waals surface area (Å²) in [5.74, 6) is 0. The van der Waals surface area contributed by atoms with Crippen molar-refractivity contribution in [1.82, 2.24) is 0 Å². The lowest BCUT2D eigenvalue weighted by Gasteiger charge is -2.25. The van der Waals surface area contributed by atoms with Crippen LogP contribution in [0.3, 0.4) is 0 Å². The Morgan fingerprint density at radius 1 is 0.571 bits per heavy atom. The van der Waals surface area contributed by atoms with E-state index < -0.39 is 0 Å². The number of rotatable bonds is 2. The van der Waals surface area contributed by atoms with E-state index in [2.05, 4.69) is 112 Å². The first kappa shape index (κ1) is 17.0. The summed E-state index contributed by atoms with van der Waals surface area (Å²) in [6, 6.07) is 33.1. The molecule has 0 saturated heterocycles. The van der Waals surface area contributed by atoms with Crippen LogP contribution in [0.25, 0.3) is 33.4 Å². The van der Waals surface area contributed by atoms with Gasteiger partial charge in [0.1, 0.15) is 0 Å². The van der Waals surface area contributed by atoms with Gasteiger partial charge in [-0.3, -0.25) is 0 Å². The fraction of sp³-hybridized carbons (Fsp3) is 0.143. The molecule has 136 valence electrons. The summed E-state index contributed by atoms with van der Waals surface area (Å²) in [5.41, 5.74) is 12.2. The summed E-state index contributed by atoms with van der Waals surface area (Å²) in [6.07, 6.45) is 0. The number of fused-ring (bicyclic) bond motifs is 3. The molecule has 0 aromatic heterocycles. The first-order valence-corrected chi connectivity index (χ1v) is 9.97. The fourth-order valence-corrected chi connectivity index (χ4v) is 4.78. The zero-order valence-electron chi connectivity index (χ0n) is 16.7. The molecule has 0 radical (unpaired) electrons. The SMILES string of the molecule is Cc1ccc2c(c1)C(C)(C)c1c(-c3ccccc3)ccc(-c3ccccc3)c1-2. The van der Waals surface area contributed by atoms with Crippen molar-refractivity contribution >= 4 is 0 Å². The lowest BCUT2D eigenvalue weighted by molar-refractivity contribution is 0.661. The van der Waals surface area contributed by atoms with Gasteiger partial charge in [-0.25, -0.2) is 0 Å². The number of hydrogen-bond donors (Lipinski definition) is 0. The van der Waals surface area contributed by atoms with Crippen LogP contribution in [0.2, 0.25) is 0 Å². The summed E-state index contributed by atoms with van der Waals surface area (Å²) < 4.78 is 0. The van der Waals surface area contributed by atoms with Crippen LogP contribution in [-0.4, -0.2) is 0 Å². The Bertz CT molecular complexity index is 1170. The van der Waals surface area contributed by atoms with Gasteiger partial charge in [0.25, 0.3) is 0 Å². The maximum absolute atomic E-state index is 2.37. The summed E-state index contributed by atoms with van der Waals surface area (Å²) in [7, 11) is 0. The molecule has 28 heavy (non-hydrogen) atoms. The molecule has 0 atom stereocenters. The molecule has 0 nitrogen and oxygen atoms in total. The summed E-state index contributed by atoms with van der Waals surface area (Å²) in [6.45, 7) is 6.94. The maximum atomic E-state index is 2.37. The molecule has 0 fully saturated rings. The summed E-state index contributed by atoms with van der Waals surface area (Å²) in [5, 5.41) is 0. The third-order valence-electron chi connectivity index (χ3n) is 6.12. The third-order valence-corrected chi connectivity index (χ3v) is 6.12. The molecule has 4 aromatic rings. The Labute approximate surface area is 167 Å². The molecule has 0 spiro atoms. The van der Waals surface area contributed by atoms with Crippen LogP contribution in [0.1, 0.15) is 30.5 Å². The van der Waals surface area contributed by atoms with Crippen LogP contribution in [0.15, 0.2) is 91.0 Å². The minimum Gasteiger partial charge on any atom is -0.0622 e. The lowest BCUT2D eigenvalue weighted by atomic mass is 9.77. The van der Waals surface area contributed by atoms with E-state index >= 15 is 0 Å². The van der Waals surface area contributed by atoms with Gasteiger partial charge in [-0.2, -0.15) is 0 Å². The second-order valence-electron chi connectivity index (χ2n) is 8.32. The van der Waals surface area contributed by atoms with Gasteiger partial charge in [0.05, 0.1) is 0 Å². The molecular weight excluding hydrogens is 336 g/mol. The molecule has 0 aliphatic heterocycles. The zero-order valence-corrected chi connectivity index (χ0v) is 16.7. The standard InChI is InChI=1S/C28H24/c1-19-14-15-24-25(18-19)28(2,3)27-23(21-12-8-5-9-13-21)17-16-22(26(24)27)20-10-6-4-7-11-20/h4-18H,1-3H3. The van der Waals surface area contributed by atoms with Crippen LogP contribution in [0.4, 0.5) is 0 Å². The molecule has 0 unspecified atom stereocenters. The number of benzene rings is 4. The fourth-order valence-electron chi connectivity index (χ4n) is 4.78. The smallest absolute Gasteiger partial charge is 0.0165 e. The van der Waals surface area contributed by atoms with E-state index in [1.54, 1.807) is 0 Å². The minimum atomic E-state index is -0.0351. The van der Waals surface area contributed by atoms with E-state index in [-0.39, 0.29) is 5.41 Å². The second kappa shape index (κ2) is 6.21. The van der Waals surface area contributed by atoms with Crippen LogP contribution in [0.5, 0.6) is 0 Å². The highest BCUT2D eigenvalue weighted by Gasteiger charge is 2.39. The average molecular weight is 361 g/mol. The van der Waals surface area contributed by atoms with E-state index in [4.69, 9.17) is 0 Å². The Morgan fingerprint density at radius 2 is 1.11 bits per heavy atom. The third kappa shape index (κ3) is 2.45. The quantitative estimate of drug-likeness (QED) is 0.344. The number of aryl methyl sites for hydroxylation is 1. The van der Waals surface area contributed by atoms with Gasteiger partial charge in [-0.15, -0.1) is 0 Å². The topological polar surface area (TPSA) is 0 Å². The van der Waals surface area contributed by atoms with Crippen molar-refractivity contribution in [1.29, 1.82) is 0 Å². The first-order valence-electron chi connectivity index (χ1n) is 9.97. The summed E-state index contributed by atoms with van der Waals surface area (Å²) >= 11 is 0. The van der Waals surface area contributed by atoms with Crippen LogP contribution in [-0.2, 0) is 5.41 Å². The van der Waals surface area contributed by atoms with E-state index in [1.165, 1.54) is 50.1 Å². The van der Waals surface area contributed by atoms with Crippen molar-refractivity contribution in [3.63, 3.8) is 0 Å². The zero-order chi connectivity index (χ0) is 19.3. The second-order valence-corrected chi connectivity index (χ2v) is 8.32. The molecule has 0 heteroatoms. The number of hydrogen-bond acceptors (Lipinski definition) is 0. The van der Waals surface area contributed by atoms with Crippen molar-refractivity contribution in [3.05, 3.63) is 108 Å². The summed E-state index contributed by atoms with van der Waals surface area (Å²) in [4.78, 5) is 0. The molecule has 5 rings (SSSR count). The largest absolute Gasteiger partial charge is 0.0622 e. The van der Waals surface area contributed by atoms with Gasteiger partial charge in [0, 0.05) is 5.41 Å². The highest BCUT2D eigenvalue weighted by Crippen LogP contribution is 2.55. The van der Waals surface area contributed by atoms with Crippen molar-refractivity contribution in [2.75, 3.05) is 0 Å². The van der Waals surface area contributed by atoms with E-state index in [1.807, 2.05) is 0 Å². The van der Waals surface area contributed by atoms with Gasteiger partial charge in [-0.05, 0) is 51.4 Å². The van der Waals surface area contributed by atoms with Gasteiger partial charge in [0.2, 0.25) is 0 Å². The van der Waals surface area contributed by atoms with E-state index in [0.29, 0.717) is 0 Å². The Hall–Kier alpha value is -3.12. The minimum absolute atomic E-state index is 0.0351. The maximum Gasteiger partial charge on any atom is 0.0165 e. The molecule has 1 aliphatic rings. The van der Waals surface area contributed by atoms with Gasteiger partial charge < -0.3 is 0 Å². The molecule has 0 heterocycles. The molecule has 0 N–H and O–H groups in total. The van der Waals surface area contributed by atoms with Gasteiger partial charge >= 0.3 is 0 Å². The lowest BCUT2D eigenvalue weighted by Crippen LogP contribution is -2.16. The van der Waals surface area contributed by atoms with Crippen molar-refractivity contribution in [3.8, 4) is 33.4 Å². The average Bonchev–Trinajstić information content (AvgIpc) is 2.96. The predicted octanol–water partition coefficient (Wildman–Crippen LogP) is 7.64. The normalized spacial score (nSPS) is 13.8. The van der Waals surface area contributed by atoms with E-state index in [0.717, 1.165) is 0 Å². The van der Waals surface area contributed by atoms with E-state index in [9.17, 15) is 0 Å². The van der Waals surface area contributed by atoms with Gasteiger partial charge in [-0.1, -0.05) is 110 Å². The monoisotopic (exact) mass is 360 g/mol. The highest BCUT2D eigenvalue weighted by molar-refractivity contribution is 5.97. The van der Waals surface area contributed by atoms with Gasteiger partial charge in [0.15, 0.2) is 0 Å². The van der Waals surface area contributed by atoms with Crippen molar-refractivity contribution < 1.29 is 0 Å². The highest BCUT2D eigenvalue weighted by atomic mass is 14.4. The van der Waals surface area contributed by atoms with Crippen LogP contribution < -0.4 is 0 Å². The predicted molar refractivity (Wildman–Crippen MR) is 120 cm³/mol.